The molecule has 0 fully saturated rings. The molecular formula is C9H9N5O2. The van der Waals surface area contributed by atoms with Crippen molar-refractivity contribution in [2.75, 3.05) is 0 Å². The van der Waals surface area contributed by atoms with Gasteiger partial charge in [-0.05, 0) is 29.0 Å². The lowest BCUT2D eigenvalue weighted by molar-refractivity contribution is -0.384. The lowest BCUT2D eigenvalue weighted by atomic mass is 10.1. The van der Waals surface area contributed by atoms with Crippen LogP contribution in [0.3, 0.4) is 0 Å². The number of benzene rings is 1. The smallest absolute Gasteiger partial charge is 0.258 e. The van der Waals surface area contributed by atoms with Crippen molar-refractivity contribution < 1.29 is 4.92 Å². The van der Waals surface area contributed by atoms with Crippen LogP contribution in [0.2, 0.25) is 0 Å². The first-order chi connectivity index (χ1) is 7.58. The van der Waals surface area contributed by atoms with Crippen LogP contribution in [0, 0.1) is 17.0 Å². The topological polar surface area (TPSA) is 86.7 Å². The molecule has 0 saturated heterocycles. The van der Waals surface area contributed by atoms with E-state index in [1.54, 1.807) is 20.0 Å². The fraction of sp³-hybridized carbons (Fsp3) is 0.222. The second-order valence-electron chi connectivity index (χ2n) is 3.44. The highest BCUT2D eigenvalue weighted by Gasteiger charge is 2.12. The van der Waals surface area contributed by atoms with Gasteiger partial charge in [0.25, 0.3) is 5.69 Å². The third-order valence-corrected chi connectivity index (χ3v) is 2.15. The van der Waals surface area contributed by atoms with Crippen molar-refractivity contribution in [2.24, 2.45) is 7.05 Å². The number of nitro benzene ring substituents is 1. The molecule has 0 aliphatic rings. The normalized spacial score (nSPS) is 10.4. The van der Waals surface area contributed by atoms with Crippen molar-refractivity contribution in [2.45, 2.75) is 6.92 Å². The fourth-order valence-electron chi connectivity index (χ4n) is 1.47. The summed E-state index contributed by atoms with van der Waals surface area (Å²) < 4.78 is 1.47. The van der Waals surface area contributed by atoms with Gasteiger partial charge in [0.1, 0.15) is 0 Å². The van der Waals surface area contributed by atoms with Gasteiger partial charge >= 0.3 is 0 Å². The number of aryl methyl sites for hydroxylation is 2. The van der Waals surface area contributed by atoms with Crippen LogP contribution in [-0.4, -0.2) is 25.1 Å². The Morgan fingerprint density at radius 1 is 1.38 bits per heavy atom. The Morgan fingerprint density at radius 3 is 2.69 bits per heavy atom. The number of rotatable bonds is 2. The highest BCUT2D eigenvalue weighted by atomic mass is 16.6. The predicted molar refractivity (Wildman–Crippen MR) is 55.6 cm³/mol. The van der Waals surface area contributed by atoms with Gasteiger partial charge in [0.05, 0.1) is 4.92 Å². The summed E-state index contributed by atoms with van der Waals surface area (Å²) in [5, 5.41) is 21.7. The monoisotopic (exact) mass is 219 g/mol. The zero-order valence-electron chi connectivity index (χ0n) is 8.78. The van der Waals surface area contributed by atoms with Crippen molar-refractivity contribution in [1.82, 2.24) is 20.2 Å². The predicted octanol–water partition coefficient (Wildman–Crippen LogP) is 1.09. The molecule has 0 bridgehead atoms. The highest BCUT2D eigenvalue weighted by molar-refractivity contribution is 5.60. The SMILES string of the molecule is Cc1cc(-c2nnnn2C)cc([N+](=O)[O-])c1. The molecule has 16 heavy (non-hydrogen) atoms. The summed E-state index contributed by atoms with van der Waals surface area (Å²) in [5.41, 5.74) is 1.48. The number of tetrazole rings is 1. The molecule has 0 aliphatic carbocycles. The first-order valence-corrected chi connectivity index (χ1v) is 4.57. The molecule has 0 radical (unpaired) electrons. The zero-order chi connectivity index (χ0) is 11.7. The van der Waals surface area contributed by atoms with E-state index in [1.165, 1.54) is 16.8 Å². The minimum atomic E-state index is -0.430. The Hall–Kier alpha value is -2.31. The Balaban J connectivity index is 2.58. The van der Waals surface area contributed by atoms with Crippen molar-refractivity contribution in [1.29, 1.82) is 0 Å². The number of aromatic nitrogens is 4. The van der Waals surface area contributed by atoms with Gasteiger partial charge in [-0.3, -0.25) is 10.1 Å². The molecule has 1 aromatic heterocycles. The molecule has 0 spiro atoms. The Morgan fingerprint density at radius 2 is 2.12 bits per heavy atom. The van der Waals surface area contributed by atoms with E-state index in [0.29, 0.717) is 11.4 Å². The molecule has 0 N–H and O–H groups in total. The Bertz CT molecular complexity index is 549. The number of nitrogens with zero attached hydrogens (tertiary/aromatic N) is 5. The summed E-state index contributed by atoms with van der Waals surface area (Å²) in [6.45, 7) is 1.79. The summed E-state index contributed by atoms with van der Waals surface area (Å²) in [5.74, 6) is 0.506. The standard InChI is InChI=1S/C9H9N5O2/c1-6-3-7(5-8(4-6)14(15)16)9-10-11-12-13(9)2/h3-5H,1-2H3. The molecule has 2 rings (SSSR count). The van der Waals surface area contributed by atoms with Crippen LogP contribution < -0.4 is 0 Å². The van der Waals surface area contributed by atoms with Crippen LogP contribution in [-0.2, 0) is 7.05 Å². The maximum absolute atomic E-state index is 10.7. The summed E-state index contributed by atoms with van der Waals surface area (Å²) in [6.07, 6.45) is 0. The quantitative estimate of drug-likeness (QED) is 0.557. The van der Waals surface area contributed by atoms with E-state index in [0.717, 1.165) is 5.56 Å². The zero-order valence-corrected chi connectivity index (χ0v) is 8.78. The van der Waals surface area contributed by atoms with Crippen molar-refractivity contribution >= 4 is 5.69 Å². The molecule has 0 saturated carbocycles. The molecule has 7 heteroatoms. The van der Waals surface area contributed by atoms with Gasteiger partial charge in [-0.2, -0.15) is 0 Å². The van der Waals surface area contributed by atoms with Gasteiger partial charge in [0, 0.05) is 24.7 Å². The average molecular weight is 219 g/mol. The van der Waals surface area contributed by atoms with Crippen LogP contribution in [0.5, 0.6) is 0 Å². The first-order valence-electron chi connectivity index (χ1n) is 4.57. The van der Waals surface area contributed by atoms with E-state index < -0.39 is 4.92 Å². The summed E-state index contributed by atoms with van der Waals surface area (Å²) in [6, 6.07) is 4.77. The van der Waals surface area contributed by atoms with Crippen LogP contribution in [0.15, 0.2) is 18.2 Å². The van der Waals surface area contributed by atoms with Crippen LogP contribution >= 0.6 is 0 Å². The largest absolute Gasteiger partial charge is 0.270 e. The minimum absolute atomic E-state index is 0.0398. The van der Waals surface area contributed by atoms with E-state index in [9.17, 15) is 10.1 Å². The molecular weight excluding hydrogens is 210 g/mol. The maximum atomic E-state index is 10.7. The van der Waals surface area contributed by atoms with Gasteiger partial charge in [-0.25, -0.2) is 4.68 Å². The van der Waals surface area contributed by atoms with Crippen molar-refractivity contribution in [3.8, 4) is 11.4 Å². The van der Waals surface area contributed by atoms with Crippen LogP contribution in [0.4, 0.5) is 5.69 Å². The van der Waals surface area contributed by atoms with E-state index in [-0.39, 0.29) is 5.69 Å². The summed E-state index contributed by atoms with van der Waals surface area (Å²) >= 11 is 0. The summed E-state index contributed by atoms with van der Waals surface area (Å²) in [4.78, 5) is 10.3. The number of hydrogen-bond donors (Lipinski definition) is 0. The van der Waals surface area contributed by atoms with Crippen LogP contribution in [0.1, 0.15) is 5.56 Å². The lowest BCUT2D eigenvalue weighted by Gasteiger charge is -2.01. The van der Waals surface area contributed by atoms with Gasteiger partial charge < -0.3 is 0 Å². The van der Waals surface area contributed by atoms with Gasteiger partial charge in [-0.15, -0.1) is 5.10 Å². The molecule has 1 heterocycles. The molecule has 0 aliphatic heterocycles. The third-order valence-electron chi connectivity index (χ3n) is 2.15. The number of nitro groups is 1. The third kappa shape index (κ3) is 1.74. The molecule has 2 aromatic rings. The molecule has 1 aromatic carbocycles. The minimum Gasteiger partial charge on any atom is -0.258 e. The van der Waals surface area contributed by atoms with Gasteiger partial charge in [0.2, 0.25) is 0 Å². The van der Waals surface area contributed by atoms with E-state index in [4.69, 9.17) is 0 Å². The summed E-state index contributed by atoms with van der Waals surface area (Å²) in [7, 11) is 1.68. The molecule has 0 amide bonds. The first kappa shape index (κ1) is 10.2. The lowest BCUT2D eigenvalue weighted by Crippen LogP contribution is -1.96. The van der Waals surface area contributed by atoms with E-state index in [2.05, 4.69) is 15.5 Å². The average Bonchev–Trinajstić information content (AvgIpc) is 2.63. The maximum Gasteiger partial charge on any atom is 0.270 e. The highest BCUT2D eigenvalue weighted by Crippen LogP contribution is 2.23. The van der Waals surface area contributed by atoms with Gasteiger partial charge in [-0.1, -0.05) is 0 Å². The number of non-ortho nitro benzene ring substituents is 1. The number of hydrogen-bond acceptors (Lipinski definition) is 5. The second-order valence-corrected chi connectivity index (χ2v) is 3.44. The second kappa shape index (κ2) is 3.69. The Labute approximate surface area is 90.9 Å². The molecule has 7 nitrogen and oxygen atoms in total. The Kier molecular flexibility index (Phi) is 2.35. The van der Waals surface area contributed by atoms with E-state index >= 15 is 0 Å². The molecule has 82 valence electrons. The molecule has 0 unspecified atom stereocenters. The fourth-order valence-corrected chi connectivity index (χ4v) is 1.47. The van der Waals surface area contributed by atoms with Crippen molar-refractivity contribution in [3.63, 3.8) is 0 Å². The van der Waals surface area contributed by atoms with E-state index in [1.807, 2.05) is 0 Å². The van der Waals surface area contributed by atoms with Gasteiger partial charge in [0.15, 0.2) is 5.82 Å². The molecule has 0 atom stereocenters. The van der Waals surface area contributed by atoms with Crippen LogP contribution in [0.25, 0.3) is 11.4 Å². The van der Waals surface area contributed by atoms with Crippen molar-refractivity contribution in [3.05, 3.63) is 33.9 Å².